The van der Waals surface area contributed by atoms with Crippen molar-refractivity contribution >= 4 is 27.4 Å². The molecule has 16 heavy (non-hydrogen) atoms. The van der Waals surface area contributed by atoms with E-state index in [1.54, 1.807) is 6.20 Å². The van der Waals surface area contributed by atoms with E-state index in [-0.39, 0.29) is 0 Å². The standard InChI is InChI=1S/C11H16BrN3O/c12-9-5-10(13)11(15-6-9)14-3-1-8-2-4-16-7-8/h5-6,8H,1-4,7,13H2,(H,14,15). The Kier molecular flexibility index (Phi) is 4.01. The van der Waals surface area contributed by atoms with Crippen molar-refractivity contribution in [3.63, 3.8) is 0 Å². The Bertz CT molecular complexity index is 353. The molecule has 5 heteroatoms. The van der Waals surface area contributed by atoms with Gasteiger partial charge >= 0.3 is 0 Å². The second kappa shape index (κ2) is 5.50. The van der Waals surface area contributed by atoms with Crippen LogP contribution in [0.2, 0.25) is 0 Å². The number of halogens is 1. The smallest absolute Gasteiger partial charge is 0.149 e. The van der Waals surface area contributed by atoms with Crippen LogP contribution in [-0.4, -0.2) is 24.7 Å². The third-order valence-corrected chi connectivity index (χ3v) is 3.19. The van der Waals surface area contributed by atoms with Gasteiger partial charge in [0.1, 0.15) is 5.82 Å². The minimum absolute atomic E-state index is 0.678. The fraction of sp³-hybridized carbons (Fsp3) is 0.545. The lowest BCUT2D eigenvalue weighted by Crippen LogP contribution is -2.11. The number of anilines is 2. The Balaban J connectivity index is 1.80. The van der Waals surface area contributed by atoms with E-state index in [1.165, 1.54) is 6.42 Å². The van der Waals surface area contributed by atoms with Crippen LogP contribution in [0.5, 0.6) is 0 Å². The number of hydrogen-bond donors (Lipinski definition) is 2. The molecule has 3 N–H and O–H groups in total. The number of hydrogen-bond acceptors (Lipinski definition) is 4. The van der Waals surface area contributed by atoms with Gasteiger partial charge in [-0.25, -0.2) is 4.98 Å². The number of nitrogens with one attached hydrogen (secondary N) is 1. The number of pyridine rings is 1. The van der Waals surface area contributed by atoms with Gasteiger partial charge in [0.25, 0.3) is 0 Å². The molecule has 4 nitrogen and oxygen atoms in total. The van der Waals surface area contributed by atoms with Crippen LogP contribution < -0.4 is 11.1 Å². The normalized spacial score (nSPS) is 19.9. The molecule has 0 bridgehead atoms. The van der Waals surface area contributed by atoms with Crippen molar-refractivity contribution in [1.29, 1.82) is 0 Å². The van der Waals surface area contributed by atoms with Gasteiger partial charge in [-0.1, -0.05) is 0 Å². The van der Waals surface area contributed by atoms with E-state index < -0.39 is 0 Å². The van der Waals surface area contributed by atoms with Gasteiger partial charge < -0.3 is 15.8 Å². The summed E-state index contributed by atoms with van der Waals surface area (Å²) in [6.07, 6.45) is 4.03. The molecular formula is C11H16BrN3O. The van der Waals surface area contributed by atoms with E-state index in [2.05, 4.69) is 26.2 Å². The number of nitrogen functional groups attached to an aromatic ring is 1. The van der Waals surface area contributed by atoms with Gasteiger partial charge in [0.05, 0.1) is 5.69 Å². The molecule has 1 aliphatic heterocycles. The SMILES string of the molecule is Nc1cc(Br)cnc1NCCC1CCOC1. The van der Waals surface area contributed by atoms with Gasteiger partial charge in [-0.15, -0.1) is 0 Å². The highest BCUT2D eigenvalue weighted by Gasteiger charge is 2.14. The molecule has 0 aliphatic carbocycles. The van der Waals surface area contributed by atoms with E-state index in [9.17, 15) is 0 Å². The predicted octanol–water partition coefficient (Wildman–Crippen LogP) is 2.26. The zero-order valence-electron chi connectivity index (χ0n) is 9.08. The summed E-state index contributed by atoms with van der Waals surface area (Å²) in [5.41, 5.74) is 6.51. The molecule has 1 aliphatic rings. The molecule has 1 fully saturated rings. The van der Waals surface area contributed by atoms with Crippen LogP contribution in [0.1, 0.15) is 12.8 Å². The van der Waals surface area contributed by atoms with Crippen LogP contribution in [0.4, 0.5) is 11.5 Å². The van der Waals surface area contributed by atoms with E-state index in [0.29, 0.717) is 11.6 Å². The van der Waals surface area contributed by atoms with Crippen LogP contribution >= 0.6 is 15.9 Å². The highest BCUT2D eigenvalue weighted by Crippen LogP contribution is 2.21. The maximum Gasteiger partial charge on any atom is 0.149 e. The van der Waals surface area contributed by atoms with Crippen LogP contribution in [0.25, 0.3) is 0 Å². The predicted molar refractivity (Wildman–Crippen MR) is 68.4 cm³/mol. The van der Waals surface area contributed by atoms with Gasteiger partial charge in [-0.05, 0) is 40.8 Å². The van der Waals surface area contributed by atoms with Crippen molar-refractivity contribution in [2.45, 2.75) is 12.8 Å². The summed E-state index contributed by atoms with van der Waals surface area (Å²) >= 11 is 3.33. The topological polar surface area (TPSA) is 60.2 Å². The van der Waals surface area contributed by atoms with Crippen LogP contribution in [0.15, 0.2) is 16.7 Å². The summed E-state index contributed by atoms with van der Waals surface area (Å²) in [4.78, 5) is 4.23. The number of rotatable bonds is 4. The van der Waals surface area contributed by atoms with Crippen LogP contribution in [0, 0.1) is 5.92 Å². The number of aromatic nitrogens is 1. The first-order chi connectivity index (χ1) is 7.75. The number of ether oxygens (including phenoxy) is 1. The highest BCUT2D eigenvalue weighted by atomic mass is 79.9. The molecule has 88 valence electrons. The molecule has 1 unspecified atom stereocenters. The second-order valence-electron chi connectivity index (χ2n) is 4.04. The van der Waals surface area contributed by atoms with Crippen LogP contribution in [0.3, 0.4) is 0 Å². The third kappa shape index (κ3) is 3.09. The lowest BCUT2D eigenvalue weighted by molar-refractivity contribution is 0.185. The molecule has 1 atom stereocenters. The Morgan fingerprint density at radius 1 is 1.62 bits per heavy atom. The zero-order valence-corrected chi connectivity index (χ0v) is 10.7. The molecule has 0 aromatic carbocycles. The summed E-state index contributed by atoms with van der Waals surface area (Å²) in [6.45, 7) is 2.70. The first-order valence-corrected chi connectivity index (χ1v) is 6.27. The highest BCUT2D eigenvalue weighted by molar-refractivity contribution is 9.10. The summed E-state index contributed by atoms with van der Waals surface area (Å²) in [6, 6.07) is 1.86. The molecule has 2 rings (SSSR count). The van der Waals surface area contributed by atoms with Gasteiger partial charge in [0.15, 0.2) is 0 Å². The van der Waals surface area contributed by atoms with Crippen molar-refractivity contribution in [1.82, 2.24) is 4.98 Å². The monoisotopic (exact) mass is 285 g/mol. The van der Waals surface area contributed by atoms with Gasteiger partial charge in [0, 0.05) is 30.4 Å². The quantitative estimate of drug-likeness (QED) is 0.891. The molecule has 2 heterocycles. The van der Waals surface area contributed by atoms with E-state index >= 15 is 0 Å². The fourth-order valence-corrected chi connectivity index (χ4v) is 2.16. The van der Waals surface area contributed by atoms with E-state index in [4.69, 9.17) is 10.5 Å². The minimum Gasteiger partial charge on any atom is -0.396 e. The minimum atomic E-state index is 0.678. The summed E-state index contributed by atoms with van der Waals surface area (Å²) in [5, 5.41) is 3.25. The summed E-state index contributed by atoms with van der Waals surface area (Å²) in [7, 11) is 0. The largest absolute Gasteiger partial charge is 0.396 e. The first-order valence-electron chi connectivity index (χ1n) is 5.48. The van der Waals surface area contributed by atoms with Crippen molar-refractivity contribution in [2.75, 3.05) is 30.8 Å². The molecular weight excluding hydrogens is 270 g/mol. The third-order valence-electron chi connectivity index (χ3n) is 2.75. The van der Waals surface area contributed by atoms with Crippen LogP contribution in [-0.2, 0) is 4.74 Å². The van der Waals surface area contributed by atoms with Crippen molar-refractivity contribution in [2.24, 2.45) is 5.92 Å². The number of nitrogens with two attached hydrogens (primary N) is 1. The Hall–Kier alpha value is -0.810. The lowest BCUT2D eigenvalue weighted by atomic mass is 10.1. The zero-order chi connectivity index (χ0) is 11.4. The first kappa shape index (κ1) is 11.7. The Morgan fingerprint density at radius 3 is 3.19 bits per heavy atom. The van der Waals surface area contributed by atoms with Gasteiger partial charge in [0.2, 0.25) is 0 Å². The van der Waals surface area contributed by atoms with E-state index in [0.717, 1.165) is 36.5 Å². The molecule has 1 aromatic rings. The number of nitrogens with zero attached hydrogens (tertiary/aromatic N) is 1. The van der Waals surface area contributed by atoms with Crippen molar-refractivity contribution in [3.8, 4) is 0 Å². The van der Waals surface area contributed by atoms with E-state index in [1.807, 2.05) is 6.07 Å². The maximum absolute atomic E-state index is 5.84. The van der Waals surface area contributed by atoms with Crippen molar-refractivity contribution in [3.05, 3.63) is 16.7 Å². The van der Waals surface area contributed by atoms with Crippen molar-refractivity contribution < 1.29 is 4.74 Å². The molecule has 0 radical (unpaired) electrons. The maximum atomic E-state index is 5.84. The Labute approximate surface area is 104 Å². The molecule has 0 amide bonds. The average molecular weight is 286 g/mol. The average Bonchev–Trinajstić information content (AvgIpc) is 2.74. The molecule has 1 aromatic heterocycles. The van der Waals surface area contributed by atoms with Gasteiger partial charge in [-0.2, -0.15) is 0 Å². The van der Waals surface area contributed by atoms with Gasteiger partial charge in [-0.3, -0.25) is 0 Å². The lowest BCUT2D eigenvalue weighted by Gasteiger charge is -2.10. The molecule has 0 spiro atoms. The molecule has 1 saturated heterocycles. The summed E-state index contributed by atoms with van der Waals surface area (Å²) < 4.78 is 6.23. The summed E-state index contributed by atoms with van der Waals surface area (Å²) in [5.74, 6) is 1.45. The second-order valence-corrected chi connectivity index (χ2v) is 4.95. The molecule has 0 saturated carbocycles. The Morgan fingerprint density at radius 2 is 2.50 bits per heavy atom. The fourth-order valence-electron chi connectivity index (χ4n) is 1.81.